The standard InChI is InChI=1S/C21H31N5S/c1-17-18(2)26(20-6-4-3-5-7-20)21(27)25(17)16-23-12-14-24(15-13-23)19-8-10-22-11-9-19/h8-11,20H,3-7,12-16H2,1-2H3. The first-order valence-corrected chi connectivity index (χ1v) is 10.7. The Labute approximate surface area is 167 Å². The van der Waals surface area contributed by atoms with Gasteiger partial charge in [0.05, 0.1) is 6.67 Å². The second kappa shape index (κ2) is 8.15. The van der Waals surface area contributed by atoms with Crippen molar-refractivity contribution in [2.45, 2.75) is 58.7 Å². The zero-order valence-corrected chi connectivity index (χ0v) is 17.4. The average molecular weight is 386 g/mol. The number of piperazine rings is 1. The van der Waals surface area contributed by atoms with Crippen LogP contribution in [0.3, 0.4) is 0 Å². The molecule has 0 radical (unpaired) electrons. The van der Waals surface area contributed by atoms with Crippen LogP contribution in [-0.2, 0) is 6.67 Å². The van der Waals surface area contributed by atoms with Gasteiger partial charge in [0.25, 0.3) is 0 Å². The molecular formula is C21H31N5S. The summed E-state index contributed by atoms with van der Waals surface area (Å²) in [6.45, 7) is 9.64. The van der Waals surface area contributed by atoms with Gasteiger partial charge < -0.3 is 14.0 Å². The number of anilines is 1. The molecular weight excluding hydrogens is 354 g/mol. The molecule has 2 aromatic heterocycles. The van der Waals surface area contributed by atoms with E-state index >= 15 is 0 Å². The van der Waals surface area contributed by atoms with Crippen LogP contribution in [0.25, 0.3) is 0 Å². The van der Waals surface area contributed by atoms with E-state index in [1.165, 1.54) is 49.2 Å². The monoisotopic (exact) mass is 385 g/mol. The van der Waals surface area contributed by atoms with E-state index in [0.29, 0.717) is 6.04 Å². The Morgan fingerprint density at radius 1 is 0.963 bits per heavy atom. The van der Waals surface area contributed by atoms with E-state index in [1.54, 1.807) is 0 Å². The predicted molar refractivity (Wildman–Crippen MR) is 113 cm³/mol. The van der Waals surface area contributed by atoms with Crippen LogP contribution >= 0.6 is 12.2 Å². The van der Waals surface area contributed by atoms with Crippen molar-refractivity contribution in [2.75, 3.05) is 31.1 Å². The summed E-state index contributed by atoms with van der Waals surface area (Å²) in [6, 6.07) is 4.81. The van der Waals surface area contributed by atoms with Crippen molar-refractivity contribution in [1.82, 2.24) is 19.0 Å². The molecule has 1 saturated heterocycles. The highest BCUT2D eigenvalue weighted by Gasteiger charge is 2.23. The lowest BCUT2D eigenvalue weighted by Gasteiger charge is -2.36. The second-order valence-electron chi connectivity index (χ2n) is 8.00. The van der Waals surface area contributed by atoms with E-state index in [1.807, 2.05) is 12.4 Å². The summed E-state index contributed by atoms with van der Waals surface area (Å²) in [5.41, 5.74) is 3.97. The first-order chi connectivity index (χ1) is 13.1. The van der Waals surface area contributed by atoms with Crippen LogP contribution in [0, 0.1) is 18.6 Å². The van der Waals surface area contributed by atoms with Gasteiger partial charge in [-0.05, 0) is 51.0 Å². The number of pyridine rings is 1. The molecule has 0 amide bonds. The Balaban J connectivity index is 1.45. The molecule has 0 bridgehead atoms. The summed E-state index contributed by atoms with van der Waals surface area (Å²) in [6.07, 6.45) is 10.4. The molecule has 6 heteroatoms. The van der Waals surface area contributed by atoms with Crippen molar-refractivity contribution in [1.29, 1.82) is 0 Å². The van der Waals surface area contributed by atoms with Crippen molar-refractivity contribution in [3.05, 3.63) is 40.7 Å². The molecule has 27 heavy (non-hydrogen) atoms. The van der Waals surface area contributed by atoms with Gasteiger partial charge in [-0.25, -0.2) is 0 Å². The third-order valence-corrected chi connectivity index (χ3v) is 6.83. The number of imidazole rings is 1. The van der Waals surface area contributed by atoms with Gasteiger partial charge in [0, 0.05) is 61.7 Å². The van der Waals surface area contributed by atoms with Gasteiger partial charge in [-0.3, -0.25) is 9.88 Å². The van der Waals surface area contributed by atoms with E-state index in [9.17, 15) is 0 Å². The maximum atomic E-state index is 5.93. The van der Waals surface area contributed by atoms with Crippen LogP contribution in [-0.4, -0.2) is 45.2 Å². The molecule has 0 spiro atoms. The highest BCUT2D eigenvalue weighted by atomic mass is 32.1. The van der Waals surface area contributed by atoms with E-state index in [4.69, 9.17) is 12.2 Å². The molecule has 2 fully saturated rings. The van der Waals surface area contributed by atoms with Crippen molar-refractivity contribution < 1.29 is 0 Å². The summed E-state index contributed by atoms with van der Waals surface area (Å²) in [4.78, 5) is 9.11. The first kappa shape index (κ1) is 18.7. The summed E-state index contributed by atoms with van der Waals surface area (Å²) < 4.78 is 5.84. The topological polar surface area (TPSA) is 29.2 Å². The Kier molecular flexibility index (Phi) is 5.64. The molecule has 0 unspecified atom stereocenters. The largest absolute Gasteiger partial charge is 0.369 e. The smallest absolute Gasteiger partial charge is 0.181 e. The van der Waals surface area contributed by atoms with Gasteiger partial charge >= 0.3 is 0 Å². The lowest BCUT2D eigenvalue weighted by molar-refractivity contribution is 0.202. The van der Waals surface area contributed by atoms with E-state index in [-0.39, 0.29) is 0 Å². The number of hydrogen-bond donors (Lipinski definition) is 0. The summed E-state index contributed by atoms with van der Waals surface area (Å²) in [7, 11) is 0. The fourth-order valence-electron chi connectivity index (χ4n) is 4.62. The van der Waals surface area contributed by atoms with Crippen LogP contribution in [0.2, 0.25) is 0 Å². The lowest BCUT2D eigenvalue weighted by Crippen LogP contribution is -2.46. The summed E-state index contributed by atoms with van der Waals surface area (Å²) >= 11 is 5.93. The van der Waals surface area contributed by atoms with Gasteiger partial charge in [0.2, 0.25) is 0 Å². The molecule has 0 atom stereocenters. The minimum Gasteiger partial charge on any atom is -0.369 e. The van der Waals surface area contributed by atoms with Crippen LogP contribution in [0.5, 0.6) is 0 Å². The van der Waals surface area contributed by atoms with Gasteiger partial charge in [-0.1, -0.05) is 19.3 Å². The number of nitrogens with zero attached hydrogens (tertiary/aromatic N) is 5. The molecule has 2 aromatic rings. The molecule has 0 N–H and O–H groups in total. The summed E-state index contributed by atoms with van der Waals surface area (Å²) in [5, 5.41) is 0. The Bertz CT molecular complexity index is 811. The highest BCUT2D eigenvalue weighted by molar-refractivity contribution is 7.71. The molecule has 2 aliphatic rings. The quantitative estimate of drug-likeness (QED) is 0.733. The zero-order chi connectivity index (χ0) is 18.8. The SMILES string of the molecule is Cc1c(C)n(C2CCCCC2)c(=S)n1CN1CCN(c2ccncc2)CC1. The van der Waals surface area contributed by atoms with Crippen LogP contribution < -0.4 is 4.90 Å². The fourth-order valence-corrected chi connectivity index (χ4v) is 5.11. The third-order valence-electron chi connectivity index (χ3n) is 6.41. The molecule has 3 heterocycles. The summed E-state index contributed by atoms with van der Waals surface area (Å²) in [5.74, 6) is 0. The van der Waals surface area contributed by atoms with Gasteiger partial charge in [-0.2, -0.15) is 0 Å². The molecule has 1 aliphatic heterocycles. The molecule has 146 valence electrons. The Hall–Kier alpha value is -1.66. The van der Waals surface area contributed by atoms with Crippen LogP contribution in [0.1, 0.15) is 49.5 Å². The average Bonchev–Trinajstić information content (AvgIpc) is 2.93. The minimum atomic E-state index is 0.606. The number of rotatable bonds is 4. The van der Waals surface area contributed by atoms with E-state index in [0.717, 1.165) is 37.6 Å². The maximum absolute atomic E-state index is 5.93. The van der Waals surface area contributed by atoms with Crippen molar-refractivity contribution in [3.8, 4) is 0 Å². The van der Waals surface area contributed by atoms with E-state index < -0.39 is 0 Å². The minimum absolute atomic E-state index is 0.606. The normalized spacial score (nSPS) is 19.6. The van der Waals surface area contributed by atoms with Crippen LogP contribution in [0.4, 0.5) is 5.69 Å². The molecule has 0 aromatic carbocycles. The van der Waals surface area contributed by atoms with E-state index in [2.05, 4.69) is 49.9 Å². The van der Waals surface area contributed by atoms with Gasteiger partial charge in [-0.15, -0.1) is 0 Å². The molecule has 4 rings (SSSR count). The maximum Gasteiger partial charge on any atom is 0.181 e. The number of hydrogen-bond acceptors (Lipinski definition) is 4. The van der Waals surface area contributed by atoms with Gasteiger partial charge in [0.15, 0.2) is 4.77 Å². The van der Waals surface area contributed by atoms with Gasteiger partial charge in [0.1, 0.15) is 0 Å². The Morgan fingerprint density at radius 3 is 2.30 bits per heavy atom. The molecule has 1 saturated carbocycles. The number of aromatic nitrogens is 3. The lowest BCUT2D eigenvalue weighted by atomic mass is 9.95. The first-order valence-electron chi connectivity index (χ1n) is 10.3. The third kappa shape index (κ3) is 3.83. The zero-order valence-electron chi connectivity index (χ0n) is 16.6. The van der Waals surface area contributed by atoms with Crippen molar-refractivity contribution >= 4 is 17.9 Å². The molecule has 5 nitrogen and oxygen atoms in total. The highest BCUT2D eigenvalue weighted by Crippen LogP contribution is 2.31. The molecule has 1 aliphatic carbocycles. The van der Waals surface area contributed by atoms with Crippen molar-refractivity contribution in [2.24, 2.45) is 0 Å². The second-order valence-corrected chi connectivity index (χ2v) is 8.36. The van der Waals surface area contributed by atoms with Crippen LogP contribution in [0.15, 0.2) is 24.5 Å². The van der Waals surface area contributed by atoms with Crippen molar-refractivity contribution in [3.63, 3.8) is 0 Å². The fraction of sp³-hybridized carbons (Fsp3) is 0.619. The Morgan fingerprint density at radius 2 is 1.63 bits per heavy atom. The predicted octanol–water partition coefficient (Wildman–Crippen LogP) is 4.32.